The average Bonchev–Trinajstić information content (AvgIpc) is 3.10. The predicted molar refractivity (Wildman–Crippen MR) is 114 cm³/mol. The van der Waals surface area contributed by atoms with Crippen molar-refractivity contribution < 1.29 is 9.18 Å². The number of aromatic nitrogens is 3. The van der Waals surface area contributed by atoms with Crippen LogP contribution in [-0.4, -0.2) is 20.5 Å². The number of hydrogen-bond donors (Lipinski definition) is 1. The van der Waals surface area contributed by atoms with Crippen molar-refractivity contribution in [1.82, 2.24) is 14.8 Å². The lowest BCUT2D eigenvalue weighted by Gasteiger charge is -2.38. The van der Waals surface area contributed by atoms with Gasteiger partial charge in [0.25, 0.3) is 0 Å². The highest BCUT2D eigenvalue weighted by Crippen LogP contribution is 2.46. The summed E-state index contributed by atoms with van der Waals surface area (Å²) in [5.41, 5.74) is 2.34. The molecule has 0 spiro atoms. The van der Waals surface area contributed by atoms with Crippen molar-refractivity contribution in [3.05, 3.63) is 76.2 Å². The molecule has 0 amide bonds. The van der Waals surface area contributed by atoms with Gasteiger partial charge >= 0.3 is 0 Å². The molecule has 1 N–H and O–H groups in total. The minimum absolute atomic E-state index is 0.00691. The molecule has 1 aromatic heterocycles. The van der Waals surface area contributed by atoms with Crippen LogP contribution in [0.25, 0.3) is 11.4 Å². The van der Waals surface area contributed by atoms with Gasteiger partial charge in [-0.2, -0.15) is 4.98 Å². The van der Waals surface area contributed by atoms with E-state index in [1.165, 1.54) is 6.07 Å². The molecule has 0 saturated carbocycles. The standard InChI is InChI=1S/C23H20ClFN4O/c1-23(2)11-17-19(18(30)12-23)20(15-8-3-4-9-16(15)25)29-22(26-17)27-21(28-29)13-6-5-7-14(24)10-13/h3-10,20H,11-12H2,1-2H3,(H,26,27,28). The molecule has 1 atom stereocenters. The van der Waals surface area contributed by atoms with Crippen LogP contribution < -0.4 is 5.32 Å². The monoisotopic (exact) mass is 422 g/mol. The number of anilines is 1. The number of nitrogens with one attached hydrogen (secondary N) is 1. The first-order valence-corrected chi connectivity index (χ1v) is 10.2. The lowest BCUT2D eigenvalue weighted by Crippen LogP contribution is -2.36. The topological polar surface area (TPSA) is 59.8 Å². The van der Waals surface area contributed by atoms with E-state index in [0.29, 0.717) is 40.8 Å². The van der Waals surface area contributed by atoms with Gasteiger partial charge in [-0.1, -0.05) is 55.8 Å². The first kappa shape index (κ1) is 19.0. The Morgan fingerprint density at radius 3 is 2.73 bits per heavy atom. The summed E-state index contributed by atoms with van der Waals surface area (Å²) >= 11 is 6.14. The molecule has 3 aromatic rings. The van der Waals surface area contributed by atoms with Crippen molar-refractivity contribution in [2.24, 2.45) is 5.41 Å². The van der Waals surface area contributed by atoms with Crippen LogP contribution in [0.15, 0.2) is 59.8 Å². The van der Waals surface area contributed by atoms with E-state index in [-0.39, 0.29) is 17.0 Å². The summed E-state index contributed by atoms with van der Waals surface area (Å²) in [4.78, 5) is 17.8. The van der Waals surface area contributed by atoms with E-state index in [9.17, 15) is 9.18 Å². The smallest absolute Gasteiger partial charge is 0.226 e. The zero-order valence-electron chi connectivity index (χ0n) is 16.6. The normalized spacial score (nSPS) is 19.9. The summed E-state index contributed by atoms with van der Waals surface area (Å²) in [7, 11) is 0. The zero-order chi connectivity index (χ0) is 21.0. The summed E-state index contributed by atoms with van der Waals surface area (Å²) in [6.07, 6.45) is 1.09. The van der Waals surface area contributed by atoms with Gasteiger partial charge in [-0.05, 0) is 30.0 Å². The van der Waals surface area contributed by atoms with Crippen LogP contribution >= 0.6 is 11.6 Å². The maximum atomic E-state index is 14.9. The summed E-state index contributed by atoms with van der Waals surface area (Å²) in [6.45, 7) is 4.12. The van der Waals surface area contributed by atoms with Gasteiger partial charge < -0.3 is 5.32 Å². The van der Waals surface area contributed by atoms with Crippen LogP contribution in [0.3, 0.4) is 0 Å². The molecule has 0 bridgehead atoms. The van der Waals surface area contributed by atoms with E-state index in [1.807, 2.05) is 12.1 Å². The van der Waals surface area contributed by atoms with E-state index in [1.54, 1.807) is 35.0 Å². The number of halogens is 2. The second-order valence-corrected chi connectivity index (χ2v) is 9.03. The average molecular weight is 423 g/mol. The van der Waals surface area contributed by atoms with Crippen LogP contribution in [0.1, 0.15) is 38.3 Å². The Labute approximate surface area is 178 Å². The number of benzene rings is 2. The number of carbonyl (C=O) groups is 1. The Morgan fingerprint density at radius 2 is 1.97 bits per heavy atom. The maximum absolute atomic E-state index is 14.9. The molecule has 5 nitrogen and oxygen atoms in total. The highest BCUT2D eigenvalue weighted by atomic mass is 35.5. The largest absolute Gasteiger partial charge is 0.328 e. The highest BCUT2D eigenvalue weighted by Gasteiger charge is 2.42. The fraction of sp³-hybridized carbons (Fsp3) is 0.261. The van der Waals surface area contributed by atoms with Crippen molar-refractivity contribution in [2.45, 2.75) is 32.7 Å². The molecule has 2 heterocycles. The predicted octanol–water partition coefficient (Wildman–Crippen LogP) is 5.40. The van der Waals surface area contributed by atoms with E-state index >= 15 is 0 Å². The van der Waals surface area contributed by atoms with Crippen LogP contribution in [0, 0.1) is 11.2 Å². The van der Waals surface area contributed by atoms with Crippen molar-refractivity contribution >= 4 is 23.3 Å². The number of Topliss-reactive ketones (excluding diaryl/α,β-unsaturated/α-hetero) is 1. The lowest BCUT2D eigenvalue weighted by atomic mass is 9.73. The molecule has 1 aliphatic carbocycles. The lowest BCUT2D eigenvalue weighted by molar-refractivity contribution is -0.118. The number of hydrogen-bond acceptors (Lipinski definition) is 4. The second kappa shape index (κ2) is 6.77. The van der Waals surface area contributed by atoms with Gasteiger partial charge in [0.05, 0.1) is 0 Å². The van der Waals surface area contributed by atoms with Crippen LogP contribution in [0.4, 0.5) is 10.3 Å². The van der Waals surface area contributed by atoms with Gasteiger partial charge in [-0.25, -0.2) is 9.07 Å². The van der Waals surface area contributed by atoms with E-state index in [4.69, 9.17) is 11.6 Å². The first-order chi connectivity index (χ1) is 14.3. The molecule has 2 aliphatic rings. The Bertz CT molecular complexity index is 1210. The van der Waals surface area contributed by atoms with E-state index in [2.05, 4.69) is 29.2 Å². The fourth-order valence-electron chi connectivity index (χ4n) is 4.34. The van der Waals surface area contributed by atoms with Gasteiger partial charge in [0.1, 0.15) is 11.9 Å². The van der Waals surface area contributed by atoms with E-state index in [0.717, 1.165) is 11.3 Å². The molecule has 0 saturated heterocycles. The Kier molecular flexibility index (Phi) is 4.29. The van der Waals surface area contributed by atoms with Crippen LogP contribution in [0.5, 0.6) is 0 Å². The number of nitrogens with zero attached hydrogens (tertiary/aromatic N) is 3. The molecule has 5 rings (SSSR count). The molecule has 152 valence electrons. The SMILES string of the molecule is CC1(C)CC(=O)C2=C(C1)Nc1nc(-c3cccc(Cl)c3)nn1C2c1ccccc1F. The number of fused-ring (bicyclic) bond motifs is 1. The summed E-state index contributed by atoms with van der Waals surface area (Å²) in [5, 5.41) is 8.53. The summed E-state index contributed by atoms with van der Waals surface area (Å²) in [5.74, 6) is 0.586. The van der Waals surface area contributed by atoms with Crippen LogP contribution in [0.2, 0.25) is 5.02 Å². The fourth-order valence-corrected chi connectivity index (χ4v) is 4.53. The summed E-state index contributed by atoms with van der Waals surface area (Å²) < 4.78 is 16.5. The summed E-state index contributed by atoms with van der Waals surface area (Å²) in [6, 6.07) is 13.1. The van der Waals surface area contributed by atoms with Crippen molar-refractivity contribution in [3.8, 4) is 11.4 Å². The molecule has 30 heavy (non-hydrogen) atoms. The molecule has 1 aliphatic heterocycles. The van der Waals surface area contributed by atoms with Crippen molar-refractivity contribution in [1.29, 1.82) is 0 Å². The maximum Gasteiger partial charge on any atom is 0.226 e. The second-order valence-electron chi connectivity index (χ2n) is 8.60. The van der Waals surface area contributed by atoms with E-state index < -0.39 is 6.04 Å². The first-order valence-electron chi connectivity index (χ1n) is 9.82. The van der Waals surface area contributed by atoms with Gasteiger partial charge in [0, 0.05) is 33.8 Å². The Balaban J connectivity index is 1.71. The minimum atomic E-state index is -0.665. The number of carbonyl (C=O) groups excluding carboxylic acids is 1. The molecule has 0 fully saturated rings. The highest BCUT2D eigenvalue weighted by molar-refractivity contribution is 6.30. The number of ketones is 1. The third kappa shape index (κ3) is 3.12. The Morgan fingerprint density at radius 1 is 1.17 bits per heavy atom. The Hall–Kier alpha value is -2.99. The quantitative estimate of drug-likeness (QED) is 0.601. The van der Waals surface area contributed by atoms with Gasteiger partial charge in [-0.15, -0.1) is 5.10 Å². The third-order valence-corrected chi connectivity index (χ3v) is 5.85. The number of rotatable bonds is 2. The van der Waals surface area contributed by atoms with Gasteiger partial charge in [0.15, 0.2) is 11.6 Å². The van der Waals surface area contributed by atoms with Gasteiger partial charge in [0.2, 0.25) is 5.95 Å². The van der Waals surface area contributed by atoms with Crippen LogP contribution in [-0.2, 0) is 4.79 Å². The molecule has 0 radical (unpaired) electrons. The number of allylic oxidation sites excluding steroid dienone is 2. The molecule has 7 heteroatoms. The van der Waals surface area contributed by atoms with Crippen molar-refractivity contribution in [3.63, 3.8) is 0 Å². The third-order valence-electron chi connectivity index (χ3n) is 5.61. The zero-order valence-corrected chi connectivity index (χ0v) is 17.4. The minimum Gasteiger partial charge on any atom is -0.328 e. The van der Waals surface area contributed by atoms with Crippen molar-refractivity contribution in [2.75, 3.05) is 5.32 Å². The van der Waals surface area contributed by atoms with Gasteiger partial charge in [-0.3, -0.25) is 4.79 Å². The molecule has 1 unspecified atom stereocenters. The molecular weight excluding hydrogens is 403 g/mol. The molecular formula is C23H20ClFN4O. The molecule has 2 aromatic carbocycles.